The molecule has 0 saturated carbocycles. The first-order valence-corrected chi connectivity index (χ1v) is 5.14. The van der Waals surface area contributed by atoms with Crippen molar-refractivity contribution < 1.29 is 4.74 Å². The number of nitrogen functional groups attached to an aromatic ring is 1. The Bertz CT molecular complexity index is 471. The van der Waals surface area contributed by atoms with E-state index < -0.39 is 0 Å². The number of benzene rings is 1. The SMILES string of the molecule is Cc1cc(C)cc(OCc2cc(N)n[nH]2)c1. The van der Waals surface area contributed by atoms with Gasteiger partial charge in [-0.1, -0.05) is 6.07 Å². The zero-order chi connectivity index (χ0) is 11.5. The molecule has 1 aromatic heterocycles. The van der Waals surface area contributed by atoms with Crippen molar-refractivity contribution >= 4 is 5.82 Å². The summed E-state index contributed by atoms with van der Waals surface area (Å²) < 4.78 is 5.64. The normalized spacial score (nSPS) is 10.4. The maximum Gasteiger partial charge on any atom is 0.145 e. The summed E-state index contributed by atoms with van der Waals surface area (Å²) in [5.41, 5.74) is 8.76. The van der Waals surface area contributed by atoms with Gasteiger partial charge in [0.25, 0.3) is 0 Å². The molecule has 3 N–H and O–H groups in total. The lowest BCUT2D eigenvalue weighted by Gasteiger charge is -2.06. The molecule has 0 saturated heterocycles. The molecule has 0 aliphatic carbocycles. The molecule has 0 radical (unpaired) electrons. The Morgan fingerprint density at radius 2 is 1.88 bits per heavy atom. The van der Waals surface area contributed by atoms with Crippen LogP contribution in [0.4, 0.5) is 5.82 Å². The molecular formula is C12H15N3O. The molecule has 84 valence electrons. The number of ether oxygens (including phenoxy) is 1. The zero-order valence-corrected chi connectivity index (χ0v) is 9.45. The van der Waals surface area contributed by atoms with Crippen molar-refractivity contribution in [2.45, 2.75) is 20.5 Å². The molecule has 1 aromatic carbocycles. The number of nitrogens with zero attached hydrogens (tertiary/aromatic N) is 1. The standard InChI is InChI=1S/C12H15N3O/c1-8-3-9(2)5-11(4-8)16-7-10-6-12(13)15-14-10/h3-6H,7H2,1-2H3,(H3,13,14,15). The number of hydrogen-bond donors (Lipinski definition) is 2. The largest absolute Gasteiger partial charge is 0.487 e. The summed E-state index contributed by atoms with van der Waals surface area (Å²) in [4.78, 5) is 0. The molecule has 0 aliphatic rings. The highest BCUT2D eigenvalue weighted by atomic mass is 16.5. The van der Waals surface area contributed by atoms with Gasteiger partial charge in [0.05, 0.1) is 5.69 Å². The Labute approximate surface area is 94.4 Å². The molecule has 0 spiro atoms. The highest BCUT2D eigenvalue weighted by Crippen LogP contribution is 2.17. The second kappa shape index (κ2) is 4.26. The van der Waals surface area contributed by atoms with Gasteiger partial charge < -0.3 is 10.5 Å². The van der Waals surface area contributed by atoms with Gasteiger partial charge in [-0.25, -0.2) is 0 Å². The molecule has 0 aliphatic heterocycles. The van der Waals surface area contributed by atoms with Crippen LogP contribution in [-0.4, -0.2) is 10.2 Å². The fourth-order valence-electron chi connectivity index (χ4n) is 1.63. The van der Waals surface area contributed by atoms with E-state index in [1.54, 1.807) is 6.07 Å². The number of aromatic amines is 1. The van der Waals surface area contributed by atoms with Crippen LogP contribution in [0.25, 0.3) is 0 Å². The first-order chi connectivity index (χ1) is 7.63. The lowest BCUT2D eigenvalue weighted by atomic mass is 10.1. The second-order valence-corrected chi connectivity index (χ2v) is 3.93. The van der Waals surface area contributed by atoms with Crippen molar-refractivity contribution in [3.05, 3.63) is 41.1 Å². The first-order valence-electron chi connectivity index (χ1n) is 5.14. The van der Waals surface area contributed by atoms with Crippen molar-refractivity contribution in [3.8, 4) is 5.75 Å². The summed E-state index contributed by atoms with van der Waals surface area (Å²) in [6, 6.07) is 7.89. The van der Waals surface area contributed by atoms with Crippen LogP contribution in [0.3, 0.4) is 0 Å². The third-order valence-electron chi connectivity index (χ3n) is 2.24. The minimum absolute atomic E-state index is 0.451. The number of rotatable bonds is 3. The molecule has 2 aromatic rings. The minimum Gasteiger partial charge on any atom is -0.487 e. The number of aryl methyl sites for hydroxylation is 2. The number of nitrogens with two attached hydrogens (primary N) is 1. The van der Waals surface area contributed by atoms with Gasteiger partial charge in [-0.2, -0.15) is 5.10 Å². The molecule has 0 fully saturated rings. The van der Waals surface area contributed by atoms with Gasteiger partial charge in [-0.3, -0.25) is 5.10 Å². The van der Waals surface area contributed by atoms with Crippen LogP contribution < -0.4 is 10.5 Å². The summed E-state index contributed by atoms with van der Waals surface area (Å²) in [5, 5.41) is 6.64. The average molecular weight is 217 g/mol. The molecule has 2 rings (SSSR count). The van der Waals surface area contributed by atoms with Crippen molar-refractivity contribution in [2.75, 3.05) is 5.73 Å². The van der Waals surface area contributed by atoms with Crippen LogP contribution in [0, 0.1) is 13.8 Å². The molecule has 0 amide bonds. The fourth-order valence-corrected chi connectivity index (χ4v) is 1.63. The van der Waals surface area contributed by atoms with Gasteiger partial charge in [0.2, 0.25) is 0 Å². The van der Waals surface area contributed by atoms with E-state index in [4.69, 9.17) is 10.5 Å². The zero-order valence-electron chi connectivity index (χ0n) is 9.45. The number of H-pyrrole nitrogens is 1. The maximum absolute atomic E-state index is 5.64. The van der Waals surface area contributed by atoms with E-state index in [2.05, 4.69) is 16.3 Å². The number of aromatic nitrogens is 2. The van der Waals surface area contributed by atoms with Crippen molar-refractivity contribution in [1.29, 1.82) is 0 Å². The number of anilines is 1. The first kappa shape index (κ1) is 10.5. The van der Waals surface area contributed by atoms with E-state index in [-0.39, 0.29) is 0 Å². The molecule has 0 bridgehead atoms. The van der Waals surface area contributed by atoms with Crippen LogP contribution >= 0.6 is 0 Å². The summed E-state index contributed by atoms with van der Waals surface area (Å²) in [7, 11) is 0. The Kier molecular flexibility index (Phi) is 2.81. The number of nitrogens with one attached hydrogen (secondary N) is 1. The summed E-state index contributed by atoms with van der Waals surface area (Å²) in [5.74, 6) is 1.35. The molecule has 0 unspecified atom stereocenters. The third-order valence-corrected chi connectivity index (χ3v) is 2.24. The molecule has 1 heterocycles. The van der Waals surface area contributed by atoms with Gasteiger partial charge in [-0.15, -0.1) is 0 Å². The topological polar surface area (TPSA) is 63.9 Å². The van der Waals surface area contributed by atoms with E-state index in [9.17, 15) is 0 Å². The van der Waals surface area contributed by atoms with E-state index in [0.717, 1.165) is 11.4 Å². The summed E-state index contributed by atoms with van der Waals surface area (Å²) in [6.07, 6.45) is 0. The van der Waals surface area contributed by atoms with Gasteiger partial charge in [0.1, 0.15) is 18.2 Å². The van der Waals surface area contributed by atoms with Crippen LogP contribution in [0.2, 0.25) is 0 Å². The van der Waals surface area contributed by atoms with E-state index in [0.29, 0.717) is 12.4 Å². The Morgan fingerprint density at radius 1 is 1.19 bits per heavy atom. The third kappa shape index (κ3) is 2.53. The quantitative estimate of drug-likeness (QED) is 0.828. The lowest BCUT2D eigenvalue weighted by molar-refractivity contribution is 0.301. The number of hydrogen-bond acceptors (Lipinski definition) is 3. The molecule has 4 heteroatoms. The highest BCUT2D eigenvalue weighted by Gasteiger charge is 2.00. The second-order valence-electron chi connectivity index (χ2n) is 3.93. The predicted octanol–water partition coefficient (Wildman–Crippen LogP) is 2.19. The minimum atomic E-state index is 0.451. The van der Waals surface area contributed by atoms with Crippen molar-refractivity contribution in [1.82, 2.24) is 10.2 Å². The fraction of sp³-hybridized carbons (Fsp3) is 0.250. The summed E-state index contributed by atoms with van der Waals surface area (Å²) >= 11 is 0. The predicted molar refractivity (Wildman–Crippen MR) is 63.2 cm³/mol. The van der Waals surface area contributed by atoms with E-state index in [1.165, 1.54) is 11.1 Å². The Hall–Kier alpha value is -1.97. The van der Waals surface area contributed by atoms with Crippen LogP contribution in [0.5, 0.6) is 5.75 Å². The van der Waals surface area contributed by atoms with E-state index >= 15 is 0 Å². The average Bonchev–Trinajstić information content (AvgIpc) is 2.60. The monoisotopic (exact) mass is 217 g/mol. The molecule has 16 heavy (non-hydrogen) atoms. The van der Waals surface area contributed by atoms with Gasteiger partial charge in [0, 0.05) is 6.07 Å². The van der Waals surface area contributed by atoms with Crippen LogP contribution in [0.15, 0.2) is 24.3 Å². The molecular weight excluding hydrogens is 202 g/mol. The molecule has 0 atom stereocenters. The Morgan fingerprint density at radius 3 is 2.44 bits per heavy atom. The lowest BCUT2D eigenvalue weighted by Crippen LogP contribution is -1.96. The van der Waals surface area contributed by atoms with E-state index in [1.807, 2.05) is 26.0 Å². The van der Waals surface area contributed by atoms with Gasteiger partial charge >= 0.3 is 0 Å². The van der Waals surface area contributed by atoms with Gasteiger partial charge in [-0.05, 0) is 37.1 Å². The van der Waals surface area contributed by atoms with Crippen molar-refractivity contribution in [3.63, 3.8) is 0 Å². The van der Waals surface area contributed by atoms with Crippen LogP contribution in [0.1, 0.15) is 16.8 Å². The molecule has 4 nitrogen and oxygen atoms in total. The van der Waals surface area contributed by atoms with Crippen molar-refractivity contribution in [2.24, 2.45) is 0 Å². The summed E-state index contributed by atoms with van der Waals surface area (Å²) in [6.45, 7) is 4.55. The maximum atomic E-state index is 5.64. The smallest absolute Gasteiger partial charge is 0.145 e. The Balaban J connectivity index is 2.04. The van der Waals surface area contributed by atoms with Gasteiger partial charge in [0.15, 0.2) is 0 Å². The highest BCUT2D eigenvalue weighted by molar-refractivity contribution is 5.33. The van der Waals surface area contributed by atoms with Crippen LogP contribution in [-0.2, 0) is 6.61 Å².